The average Bonchev–Trinajstić information content (AvgIpc) is 2.84. The van der Waals surface area contributed by atoms with Crippen molar-refractivity contribution in [3.05, 3.63) is 23.8 Å². The van der Waals surface area contributed by atoms with Crippen molar-refractivity contribution in [1.29, 1.82) is 0 Å². The van der Waals surface area contributed by atoms with Gasteiger partial charge < -0.3 is 5.11 Å². The van der Waals surface area contributed by atoms with Crippen molar-refractivity contribution in [3.63, 3.8) is 0 Å². The predicted octanol–water partition coefficient (Wildman–Crippen LogP) is 5.11. The summed E-state index contributed by atoms with van der Waals surface area (Å²) in [5.41, 5.74) is 2.18. The molecule has 4 aliphatic carbocycles. The van der Waals surface area contributed by atoms with Crippen LogP contribution in [-0.2, 0) is 0 Å². The van der Waals surface area contributed by atoms with Crippen LogP contribution in [0.25, 0.3) is 0 Å². The van der Waals surface area contributed by atoms with E-state index >= 15 is 0 Å². The maximum absolute atomic E-state index is 10.2. The van der Waals surface area contributed by atoms with Crippen molar-refractivity contribution in [2.75, 3.05) is 0 Å². The minimum Gasteiger partial charge on any atom is -0.389 e. The average molecular weight is 300 g/mol. The smallest absolute Gasteiger partial charge is 0.0727 e. The number of hydrogen-bond acceptors (Lipinski definition) is 1. The van der Waals surface area contributed by atoms with Crippen molar-refractivity contribution in [1.82, 2.24) is 0 Å². The Morgan fingerprint density at radius 2 is 1.95 bits per heavy atom. The summed E-state index contributed by atoms with van der Waals surface area (Å²) in [7, 11) is 0. The third-order valence-corrected chi connectivity index (χ3v) is 8.25. The Morgan fingerprint density at radius 3 is 2.73 bits per heavy atom. The van der Waals surface area contributed by atoms with Gasteiger partial charge in [0.15, 0.2) is 0 Å². The highest BCUT2D eigenvalue weighted by Gasteiger charge is 2.57. The molecule has 0 aromatic carbocycles. The van der Waals surface area contributed by atoms with Crippen LogP contribution in [0.4, 0.5) is 0 Å². The minimum absolute atomic E-state index is 0.254. The van der Waals surface area contributed by atoms with Gasteiger partial charge in [-0.05, 0) is 91.9 Å². The Hall–Kier alpha value is -0.560. The number of hydrogen-bond donors (Lipinski definition) is 1. The van der Waals surface area contributed by atoms with Gasteiger partial charge in [-0.2, -0.15) is 0 Å². The second kappa shape index (κ2) is 4.97. The molecule has 1 unspecified atom stereocenters. The number of aliphatic hydroxyl groups is 1. The highest BCUT2D eigenvalue weighted by molar-refractivity contribution is 5.28. The summed E-state index contributed by atoms with van der Waals surface area (Å²) < 4.78 is 0. The first-order chi connectivity index (χ1) is 10.5. The molecule has 0 bridgehead atoms. The predicted molar refractivity (Wildman–Crippen MR) is 91.4 cm³/mol. The van der Waals surface area contributed by atoms with E-state index in [2.05, 4.69) is 32.1 Å². The molecule has 0 aliphatic heterocycles. The summed E-state index contributed by atoms with van der Waals surface area (Å²) >= 11 is 0. The molecule has 4 rings (SSSR count). The second-order valence-electron chi connectivity index (χ2n) is 9.06. The Labute approximate surface area is 135 Å². The standard InChI is InChI=1S/C21H32O/c1-14(22)17-9-10-18-16-8-7-15-6-4-5-12-20(15,2)19(16)11-13-21(17,18)3/h4,6,9,14-16,18-19,22H,5,7-8,10-13H2,1-3H3/t14?,15-,16-,18-,19-,20-,21+/m0/s1. The molecule has 2 saturated carbocycles. The molecule has 1 heteroatoms. The summed E-state index contributed by atoms with van der Waals surface area (Å²) in [6.07, 6.45) is 16.5. The van der Waals surface area contributed by atoms with E-state index in [9.17, 15) is 5.11 Å². The van der Waals surface area contributed by atoms with Crippen molar-refractivity contribution < 1.29 is 5.11 Å². The molecule has 1 N–H and O–H groups in total. The molecular weight excluding hydrogens is 268 g/mol. The lowest BCUT2D eigenvalue weighted by Gasteiger charge is -2.59. The van der Waals surface area contributed by atoms with Crippen LogP contribution in [0.3, 0.4) is 0 Å². The highest BCUT2D eigenvalue weighted by atomic mass is 16.3. The van der Waals surface area contributed by atoms with E-state index in [4.69, 9.17) is 0 Å². The van der Waals surface area contributed by atoms with Gasteiger partial charge in [-0.25, -0.2) is 0 Å². The number of rotatable bonds is 1. The molecule has 1 nitrogen and oxygen atoms in total. The minimum atomic E-state index is -0.254. The van der Waals surface area contributed by atoms with Crippen LogP contribution in [0.1, 0.15) is 65.7 Å². The van der Waals surface area contributed by atoms with Crippen LogP contribution in [0, 0.1) is 34.5 Å². The van der Waals surface area contributed by atoms with Crippen LogP contribution >= 0.6 is 0 Å². The highest BCUT2D eigenvalue weighted by Crippen LogP contribution is 2.65. The van der Waals surface area contributed by atoms with E-state index in [0.29, 0.717) is 5.41 Å². The van der Waals surface area contributed by atoms with E-state index < -0.39 is 0 Å². The van der Waals surface area contributed by atoms with Gasteiger partial charge in [0.1, 0.15) is 0 Å². The first kappa shape index (κ1) is 15.0. The Morgan fingerprint density at radius 1 is 1.14 bits per heavy atom. The van der Waals surface area contributed by atoms with Gasteiger partial charge in [-0.3, -0.25) is 0 Å². The fraction of sp³-hybridized carbons (Fsp3) is 0.810. The molecule has 0 aromatic heterocycles. The first-order valence-corrected chi connectivity index (χ1v) is 9.52. The van der Waals surface area contributed by atoms with Crippen LogP contribution in [0.5, 0.6) is 0 Å². The van der Waals surface area contributed by atoms with Gasteiger partial charge in [0.2, 0.25) is 0 Å². The van der Waals surface area contributed by atoms with Crippen molar-refractivity contribution >= 4 is 0 Å². The molecule has 0 amide bonds. The third kappa shape index (κ3) is 1.87. The molecule has 4 aliphatic rings. The molecule has 2 fully saturated rings. The number of aliphatic hydroxyl groups excluding tert-OH is 1. The van der Waals surface area contributed by atoms with Gasteiger partial charge in [0.05, 0.1) is 6.10 Å². The lowest BCUT2D eigenvalue weighted by Crippen LogP contribution is -2.52. The fourth-order valence-corrected chi connectivity index (χ4v) is 7.08. The summed E-state index contributed by atoms with van der Waals surface area (Å²) in [5.74, 6) is 3.42. The van der Waals surface area contributed by atoms with Crippen molar-refractivity contribution in [2.45, 2.75) is 71.8 Å². The zero-order valence-corrected chi connectivity index (χ0v) is 14.5. The normalized spacial score (nSPS) is 51.5. The maximum atomic E-state index is 10.2. The fourth-order valence-electron chi connectivity index (χ4n) is 7.08. The lowest BCUT2D eigenvalue weighted by atomic mass is 9.45. The molecule has 0 aromatic rings. The summed E-state index contributed by atoms with van der Waals surface area (Å²) in [6.45, 7) is 7.02. The lowest BCUT2D eigenvalue weighted by molar-refractivity contribution is -0.0787. The van der Waals surface area contributed by atoms with E-state index in [1.54, 1.807) is 0 Å². The van der Waals surface area contributed by atoms with E-state index in [1.807, 2.05) is 6.92 Å². The Balaban J connectivity index is 1.65. The summed E-state index contributed by atoms with van der Waals surface area (Å²) in [5, 5.41) is 10.2. The number of allylic oxidation sites excluding steroid dienone is 3. The molecule has 0 radical (unpaired) electrons. The van der Waals surface area contributed by atoms with Gasteiger partial charge in [0.25, 0.3) is 0 Å². The summed E-state index contributed by atoms with van der Waals surface area (Å²) in [6, 6.07) is 0. The SMILES string of the molecule is CC(O)C1=CC[C@H]2[C@@H]3CC[C@@H]4C=CCC[C@]4(C)[C@H]3CC[C@]12C. The molecule has 0 spiro atoms. The molecule has 0 heterocycles. The molecule has 22 heavy (non-hydrogen) atoms. The topological polar surface area (TPSA) is 20.2 Å². The zero-order valence-electron chi connectivity index (χ0n) is 14.5. The monoisotopic (exact) mass is 300 g/mol. The molecule has 7 atom stereocenters. The Bertz CT molecular complexity index is 516. The van der Waals surface area contributed by atoms with E-state index in [1.165, 1.54) is 50.5 Å². The van der Waals surface area contributed by atoms with Gasteiger partial charge in [-0.15, -0.1) is 0 Å². The van der Waals surface area contributed by atoms with E-state index in [0.717, 1.165) is 23.7 Å². The van der Waals surface area contributed by atoms with Crippen LogP contribution in [0.15, 0.2) is 23.8 Å². The van der Waals surface area contributed by atoms with Gasteiger partial charge in [-0.1, -0.05) is 32.1 Å². The summed E-state index contributed by atoms with van der Waals surface area (Å²) in [4.78, 5) is 0. The maximum Gasteiger partial charge on any atom is 0.0727 e. The molecular formula is C21H32O. The van der Waals surface area contributed by atoms with Crippen molar-refractivity contribution in [2.24, 2.45) is 34.5 Å². The molecule has 122 valence electrons. The first-order valence-electron chi connectivity index (χ1n) is 9.52. The third-order valence-electron chi connectivity index (χ3n) is 8.25. The van der Waals surface area contributed by atoms with Crippen LogP contribution in [0.2, 0.25) is 0 Å². The van der Waals surface area contributed by atoms with Crippen LogP contribution in [-0.4, -0.2) is 11.2 Å². The molecule has 0 saturated heterocycles. The van der Waals surface area contributed by atoms with Crippen molar-refractivity contribution in [3.8, 4) is 0 Å². The van der Waals surface area contributed by atoms with Gasteiger partial charge >= 0.3 is 0 Å². The van der Waals surface area contributed by atoms with E-state index in [-0.39, 0.29) is 11.5 Å². The quantitative estimate of drug-likeness (QED) is 0.667. The van der Waals surface area contributed by atoms with Gasteiger partial charge in [0, 0.05) is 0 Å². The Kier molecular flexibility index (Phi) is 3.39. The largest absolute Gasteiger partial charge is 0.389 e. The zero-order chi connectivity index (χ0) is 15.5. The second-order valence-corrected chi connectivity index (χ2v) is 9.06. The number of fused-ring (bicyclic) bond motifs is 5. The van der Waals surface area contributed by atoms with Crippen LogP contribution < -0.4 is 0 Å².